The van der Waals surface area contributed by atoms with Crippen LogP contribution in [-0.2, 0) is 9.84 Å². The van der Waals surface area contributed by atoms with Gasteiger partial charge in [0.05, 0.1) is 5.75 Å². The first-order valence-corrected chi connectivity index (χ1v) is 8.14. The van der Waals surface area contributed by atoms with Crippen LogP contribution in [0.1, 0.15) is 19.8 Å². The Morgan fingerprint density at radius 1 is 1.43 bits per heavy atom. The standard InChI is InChI=1S/C9H21NO2S2/c1-4-14(11,12)7-5-6-9(10-2)8-13-3/h9-10H,4-8H2,1-3H3. The van der Waals surface area contributed by atoms with Gasteiger partial charge in [0.25, 0.3) is 0 Å². The van der Waals surface area contributed by atoms with Crippen molar-refractivity contribution in [3.8, 4) is 0 Å². The molecule has 0 bridgehead atoms. The summed E-state index contributed by atoms with van der Waals surface area (Å²) in [5.41, 5.74) is 0. The first-order chi connectivity index (χ1) is 6.55. The molecule has 0 aliphatic rings. The van der Waals surface area contributed by atoms with E-state index in [1.807, 2.05) is 7.05 Å². The predicted molar refractivity (Wildman–Crippen MR) is 64.8 cm³/mol. The molecule has 0 saturated carbocycles. The van der Waals surface area contributed by atoms with Crippen molar-refractivity contribution in [2.75, 3.05) is 30.6 Å². The van der Waals surface area contributed by atoms with Crippen LogP contribution < -0.4 is 5.32 Å². The second kappa shape index (κ2) is 7.54. The van der Waals surface area contributed by atoms with E-state index in [9.17, 15) is 8.42 Å². The van der Waals surface area contributed by atoms with E-state index in [-0.39, 0.29) is 5.75 Å². The molecular formula is C9H21NO2S2. The molecule has 0 aromatic rings. The molecule has 3 nitrogen and oxygen atoms in total. The SMILES string of the molecule is CCS(=O)(=O)CCCC(CSC)NC. The Hall–Kier alpha value is 0.260. The van der Waals surface area contributed by atoms with Crippen LogP contribution in [-0.4, -0.2) is 45.0 Å². The van der Waals surface area contributed by atoms with Crippen LogP contribution in [0.25, 0.3) is 0 Å². The highest BCUT2D eigenvalue weighted by Crippen LogP contribution is 2.05. The number of nitrogens with one attached hydrogen (secondary N) is 1. The van der Waals surface area contributed by atoms with Crippen molar-refractivity contribution in [3.63, 3.8) is 0 Å². The minimum atomic E-state index is -2.77. The first kappa shape index (κ1) is 14.3. The fourth-order valence-electron chi connectivity index (χ4n) is 1.21. The second-order valence-corrected chi connectivity index (χ2v) is 6.70. The zero-order chi connectivity index (χ0) is 11.0. The zero-order valence-corrected chi connectivity index (χ0v) is 10.9. The van der Waals surface area contributed by atoms with E-state index >= 15 is 0 Å². The van der Waals surface area contributed by atoms with Crippen molar-refractivity contribution in [1.29, 1.82) is 0 Å². The lowest BCUT2D eigenvalue weighted by Gasteiger charge is -2.14. The van der Waals surface area contributed by atoms with Gasteiger partial charge in [-0.2, -0.15) is 11.8 Å². The van der Waals surface area contributed by atoms with E-state index in [1.165, 1.54) is 0 Å². The lowest BCUT2D eigenvalue weighted by Crippen LogP contribution is -2.28. The summed E-state index contributed by atoms with van der Waals surface area (Å²) < 4.78 is 22.4. The summed E-state index contributed by atoms with van der Waals surface area (Å²) in [6, 6.07) is 0.442. The van der Waals surface area contributed by atoms with Crippen LogP contribution in [0.2, 0.25) is 0 Å². The molecular weight excluding hydrogens is 218 g/mol. The third kappa shape index (κ3) is 6.68. The lowest BCUT2D eigenvalue weighted by atomic mass is 10.2. The van der Waals surface area contributed by atoms with Crippen LogP contribution in [0.5, 0.6) is 0 Å². The molecule has 0 fully saturated rings. The summed E-state index contributed by atoms with van der Waals surface area (Å²) in [6.45, 7) is 1.70. The van der Waals surface area contributed by atoms with Gasteiger partial charge in [0.2, 0.25) is 0 Å². The van der Waals surface area contributed by atoms with E-state index < -0.39 is 9.84 Å². The molecule has 1 atom stereocenters. The maximum Gasteiger partial charge on any atom is 0.150 e. The highest BCUT2D eigenvalue weighted by Gasteiger charge is 2.10. The zero-order valence-electron chi connectivity index (χ0n) is 9.25. The largest absolute Gasteiger partial charge is 0.316 e. The predicted octanol–water partition coefficient (Wildman–Crippen LogP) is 1.15. The Balaban J connectivity index is 3.71. The highest BCUT2D eigenvalue weighted by atomic mass is 32.2. The van der Waals surface area contributed by atoms with Gasteiger partial charge >= 0.3 is 0 Å². The van der Waals surface area contributed by atoms with Gasteiger partial charge in [-0.3, -0.25) is 0 Å². The fraction of sp³-hybridized carbons (Fsp3) is 1.00. The monoisotopic (exact) mass is 239 g/mol. The molecule has 0 heterocycles. The van der Waals surface area contributed by atoms with E-state index in [0.717, 1.165) is 18.6 Å². The maximum atomic E-state index is 11.2. The van der Waals surface area contributed by atoms with E-state index in [1.54, 1.807) is 18.7 Å². The Morgan fingerprint density at radius 3 is 2.50 bits per heavy atom. The van der Waals surface area contributed by atoms with Crippen LogP contribution in [0, 0.1) is 0 Å². The Bertz CT molecular complexity index is 227. The number of thioether (sulfide) groups is 1. The molecule has 5 heteroatoms. The highest BCUT2D eigenvalue weighted by molar-refractivity contribution is 7.98. The number of sulfone groups is 1. The molecule has 0 spiro atoms. The van der Waals surface area contributed by atoms with Crippen molar-refractivity contribution in [2.45, 2.75) is 25.8 Å². The van der Waals surface area contributed by atoms with Crippen molar-refractivity contribution < 1.29 is 8.42 Å². The van der Waals surface area contributed by atoms with E-state index in [4.69, 9.17) is 0 Å². The maximum absolute atomic E-state index is 11.2. The van der Waals surface area contributed by atoms with Crippen LogP contribution >= 0.6 is 11.8 Å². The van der Waals surface area contributed by atoms with Gasteiger partial charge in [-0.15, -0.1) is 0 Å². The van der Waals surface area contributed by atoms with Crippen molar-refractivity contribution in [1.82, 2.24) is 5.32 Å². The van der Waals surface area contributed by atoms with Gasteiger partial charge in [0, 0.05) is 17.5 Å². The van der Waals surface area contributed by atoms with Gasteiger partial charge in [-0.1, -0.05) is 6.92 Å². The number of hydrogen-bond donors (Lipinski definition) is 1. The van der Waals surface area contributed by atoms with Crippen LogP contribution in [0.15, 0.2) is 0 Å². The molecule has 1 N–H and O–H groups in total. The molecule has 1 unspecified atom stereocenters. The van der Waals surface area contributed by atoms with Crippen LogP contribution in [0.3, 0.4) is 0 Å². The quantitative estimate of drug-likeness (QED) is 0.690. The summed E-state index contributed by atoms with van der Waals surface area (Å²) >= 11 is 1.79. The van der Waals surface area contributed by atoms with Crippen molar-refractivity contribution in [2.24, 2.45) is 0 Å². The normalized spacial score (nSPS) is 14.2. The molecule has 0 saturated heterocycles. The second-order valence-electron chi connectivity index (χ2n) is 3.32. The molecule has 0 aliphatic carbocycles. The van der Waals surface area contributed by atoms with Crippen LogP contribution in [0.4, 0.5) is 0 Å². The summed E-state index contributed by atoms with van der Waals surface area (Å²) in [6.07, 6.45) is 3.77. The summed E-state index contributed by atoms with van der Waals surface area (Å²) in [5.74, 6) is 1.64. The fourth-order valence-corrected chi connectivity index (χ4v) is 2.84. The first-order valence-electron chi connectivity index (χ1n) is 4.92. The number of rotatable bonds is 8. The molecule has 86 valence electrons. The van der Waals surface area contributed by atoms with Crippen molar-refractivity contribution in [3.05, 3.63) is 0 Å². The Kier molecular flexibility index (Phi) is 7.68. The van der Waals surface area contributed by atoms with Gasteiger partial charge in [0.15, 0.2) is 0 Å². The molecule has 0 rings (SSSR count). The minimum Gasteiger partial charge on any atom is -0.316 e. The Morgan fingerprint density at radius 2 is 2.07 bits per heavy atom. The molecule has 0 aliphatic heterocycles. The lowest BCUT2D eigenvalue weighted by molar-refractivity contribution is 0.554. The molecule has 0 radical (unpaired) electrons. The minimum absolute atomic E-state index is 0.264. The summed E-state index contributed by atoms with van der Waals surface area (Å²) in [7, 11) is -0.847. The molecule has 0 aromatic heterocycles. The smallest absolute Gasteiger partial charge is 0.150 e. The Labute approximate surface area is 92.0 Å². The van der Waals surface area contributed by atoms with E-state index in [2.05, 4.69) is 11.6 Å². The third-order valence-electron chi connectivity index (χ3n) is 2.22. The van der Waals surface area contributed by atoms with Gasteiger partial charge in [-0.05, 0) is 26.1 Å². The number of hydrogen-bond acceptors (Lipinski definition) is 4. The molecule has 0 aromatic carbocycles. The third-order valence-corrected chi connectivity index (χ3v) is 4.75. The van der Waals surface area contributed by atoms with Gasteiger partial charge in [0.1, 0.15) is 9.84 Å². The molecule has 14 heavy (non-hydrogen) atoms. The summed E-state index contributed by atoms with van der Waals surface area (Å²) in [4.78, 5) is 0. The topological polar surface area (TPSA) is 46.2 Å². The van der Waals surface area contributed by atoms with Crippen molar-refractivity contribution >= 4 is 21.6 Å². The van der Waals surface area contributed by atoms with Gasteiger partial charge in [-0.25, -0.2) is 8.42 Å². The van der Waals surface area contributed by atoms with Gasteiger partial charge < -0.3 is 5.32 Å². The van der Waals surface area contributed by atoms with E-state index in [0.29, 0.717) is 11.8 Å². The molecule has 0 amide bonds. The average molecular weight is 239 g/mol. The summed E-state index contributed by atoms with van der Waals surface area (Å²) in [5, 5.41) is 3.19. The average Bonchev–Trinajstić information content (AvgIpc) is 2.16.